The van der Waals surface area contributed by atoms with Gasteiger partial charge in [-0.3, -0.25) is 9.69 Å². The van der Waals surface area contributed by atoms with E-state index in [0.717, 1.165) is 45.0 Å². The molecule has 0 aromatic carbocycles. The summed E-state index contributed by atoms with van der Waals surface area (Å²) in [6.07, 6.45) is 6.58. The van der Waals surface area contributed by atoms with Crippen LogP contribution < -0.4 is 10.2 Å². The van der Waals surface area contributed by atoms with E-state index >= 15 is 0 Å². The van der Waals surface area contributed by atoms with Crippen molar-refractivity contribution in [3.8, 4) is 0 Å². The molecule has 2 fully saturated rings. The van der Waals surface area contributed by atoms with Gasteiger partial charge in [0.2, 0.25) is 0 Å². The van der Waals surface area contributed by atoms with E-state index in [4.69, 9.17) is 0 Å². The Kier molecular flexibility index (Phi) is 7.07. The second-order valence-corrected chi connectivity index (χ2v) is 8.20. The standard InChI is InChI=1S/C21H35N5O/c1-17(2)25-12-14-26(15-13-25)20-8-7-18(16-23-20)21(27)22-10-9-19-6-4-5-11-24(19)3/h7-8,16-17,19H,4-6,9-15H2,1-3H3,(H,22,27). The summed E-state index contributed by atoms with van der Waals surface area (Å²) in [4.78, 5) is 24.1. The molecule has 0 radical (unpaired) electrons. The Bertz CT molecular complexity index is 595. The smallest absolute Gasteiger partial charge is 0.252 e. The van der Waals surface area contributed by atoms with E-state index in [0.29, 0.717) is 17.6 Å². The van der Waals surface area contributed by atoms with Crippen LogP contribution in [0.15, 0.2) is 18.3 Å². The van der Waals surface area contributed by atoms with Crippen molar-refractivity contribution in [2.45, 2.75) is 51.6 Å². The van der Waals surface area contributed by atoms with Gasteiger partial charge in [0, 0.05) is 51.0 Å². The highest BCUT2D eigenvalue weighted by Gasteiger charge is 2.20. The Morgan fingerprint density at radius 3 is 2.59 bits per heavy atom. The molecule has 1 aromatic rings. The van der Waals surface area contributed by atoms with Crippen LogP contribution in [0.4, 0.5) is 5.82 Å². The van der Waals surface area contributed by atoms with Gasteiger partial charge in [-0.25, -0.2) is 4.98 Å². The van der Waals surface area contributed by atoms with E-state index in [1.807, 2.05) is 12.1 Å². The molecule has 1 unspecified atom stereocenters. The molecule has 2 saturated heterocycles. The monoisotopic (exact) mass is 373 g/mol. The van der Waals surface area contributed by atoms with Crippen molar-refractivity contribution >= 4 is 11.7 Å². The van der Waals surface area contributed by atoms with Crippen molar-refractivity contribution in [1.29, 1.82) is 0 Å². The molecule has 0 spiro atoms. The minimum absolute atomic E-state index is 0.0165. The summed E-state index contributed by atoms with van der Waals surface area (Å²) in [5.41, 5.74) is 0.650. The van der Waals surface area contributed by atoms with Gasteiger partial charge in [0.05, 0.1) is 5.56 Å². The van der Waals surface area contributed by atoms with Crippen molar-refractivity contribution in [3.05, 3.63) is 23.9 Å². The predicted molar refractivity (Wildman–Crippen MR) is 110 cm³/mol. The molecule has 6 nitrogen and oxygen atoms in total. The molecule has 2 aliphatic heterocycles. The number of carbonyl (C=O) groups is 1. The third kappa shape index (κ3) is 5.42. The van der Waals surface area contributed by atoms with Crippen molar-refractivity contribution < 1.29 is 4.79 Å². The van der Waals surface area contributed by atoms with Gasteiger partial charge in [0.1, 0.15) is 5.82 Å². The molecule has 1 atom stereocenters. The molecule has 0 aliphatic carbocycles. The average molecular weight is 374 g/mol. The molecule has 1 amide bonds. The Balaban J connectivity index is 1.45. The molecular weight excluding hydrogens is 338 g/mol. The van der Waals surface area contributed by atoms with Crippen LogP contribution in [0.5, 0.6) is 0 Å². The van der Waals surface area contributed by atoms with Gasteiger partial charge in [0.25, 0.3) is 5.91 Å². The van der Waals surface area contributed by atoms with Crippen LogP contribution in [0.2, 0.25) is 0 Å². The molecule has 150 valence electrons. The van der Waals surface area contributed by atoms with E-state index in [-0.39, 0.29) is 5.91 Å². The molecule has 2 aliphatic rings. The summed E-state index contributed by atoms with van der Waals surface area (Å²) < 4.78 is 0. The van der Waals surface area contributed by atoms with E-state index in [1.54, 1.807) is 6.20 Å². The minimum atomic E-state index is -0.0165. The first-order valence-corrected chi connectivity index (χ1v) is 10.5. The van der Waals surface area contributed by atoms with Crippen LogP contribution in [-0.4, -0.2) is 79.1 Å². The average Bonchev–Trinajstić information content (AvgIpc) is 2.69. The maximum Gasteiger partial charge on any atom is 0.252 e. The summed E-state index contributed by atoms with van der Waals surface area (Å²) in [6, 6.07) is 5.08. The zero-order valence-electron chi connectivity index (χ0n) is 17.2. The van der Waals surface area contributed by atoms with Crippen molar-refractivity contribution in [3.63, 3.8) is 0 Å². The number of hydrogen-bond donors (Lipinski definition) is 1. The fraction of sp³-hybridized carbons (Fsp3) is 0.714. The quantitative estimate of drug-likeness (QED) is 0.829. The number of rotatable bonds is 6. The Morgan fingerprint density at radius 2 is 1.96 bits per heavy atom. The number of amides is 1. The third-order valence-electron chi connectivity index (χ3n) is 6.06. The highest BCUT2D eigenvalue weighted by molar-refractivity contribution is 5.94. The number of nitrogens with zero attached hydrogens (tertiary/aromatic N) is 4. The molecule has 1 N–H and O–H groups in total. The lowest BCUT2D eigenvalue weighted by molar-refractivity contribution is 0.0945. The first kappa shape index (κ1) is 20.1. The number of carbonyl (C=O) groups excluding carboxylic acids is 1. The lowest BCUT2D eigenvalue weighted by atomic mass is 10.0. The second kappa shape index (κ2) is 9.51. The maximum atomic E-state index is 12.4. The van der Waals surface area contributed by atoms with Crippen LogP contribution in [0, 0.1) is 0 Å². The molecule has 0 saturated carbocycles. The lowest BCUT2D eigenvalue weighted by Crippen LogP contribution is -2.49. The fourth-order valence-corrected chi connectivity index (χ4v) is 4.14. The molecule has 3 heterocycles. The number of anilines is 1. The normalized spacial score (nSPS) is 22.2. The molecule has 6 heteroatoms. The third-order valence-corrected chi connectivity index (χ3v) is 6.06. The van der Waals surface area contributed by atoms with Crippen molar-refractivity contribution in [2.75, 3.05) is 51.2 Å². The van der Waals surface area contributed by atoms with Gasteiger partial charge in [-0.05, 0) is 58.8 Å². The summed E-state index contributed by atoms with van der Waals surface area (Å²) in [5, 5.41) is 3.06. The Labute approximate surface area is 163 Å². The minimum Gasteiger partial charge on any atom is -0.354 e. The highest BCUT2D eigenvalue weighted by atomic mass is 16.1. The number of aromatic nitrogens is 1. The Morgan fingerprint density at radius 1 is 1.19 bits per heavy atom. The molecular formula is C21H35N5O. The zero-order chi connectivity index (χ0) is 19.2. The maximum absolute atomic E-state index is 12.4. The van der Waals surface area contributed by atoms with Crippen LogP contribution in [0.25, 0.3) is 0 Å². The van der Waals surface area contributed by atoms with E-state index in [1.165, 1.54) is 25.8 Å². The van der Waals surface area contributed by atoms with Crippen molar-refractivity contribution in [2.24, 2.45) is 0 Å². The number of piperazine rings is 1. The van der Waals surface area contributed by atoms with E-state index in [2.05, 4.69) is 45.9 Å². The summed E-state index contributed by atoms with van der Waals surface area (Å²) in [6.45, 7) is 10.5. The topological polar surface area (TPSA) is 51.7 Å². The van der Waals surface area contributed by atoms with Crippen LogP contribution in [0.3, 0.4) is 0 Å². The van der Waals surface area contributed by atoms with Gasteiger partial charge >= 0.3 is 0 Å². The van der Waals surface area contributed by atoms with Gasteiger partial charge in [-0.1, -0.05) is 6.42 Å². The summed E-state index contributed by atoms with van der Waals surface area (Å²) in [5.74, 6) is 0.955. The SMILES string of the molecule is CC(C)N1CCN(c2ccc(C(=O)NCCC3CCCCN3C)cn2)CC1. The molecule has 27 heavy (non-hydrogen) atoms. The number of pyridine rings is 1. The largest absolute Gasteiger partial charge is 0.354 e. The summed E-state index contributed by atoms with van der Waals surface area (Å²) >= 11 is 0. The Hall–Kier alpha value is -1.66. The zero-order valence-corrected chi connectivity index (χ0v) is 17.2. The first-order chi connectivity index (χ1) is 13.0. The van der Waals surface area contributed by atoms with Crippen LogP contribution in [0.1, 0.15) is 49.9 Å². The van der Waals surface area contributed by atoms with Crippen molar-refractivity contribution in [1.82, 2.24) is 20.1 Å². The summed E-state index contributed by atoms with van der Waals surface area (Å²) in [7, 11) is 2.19. The van der Waals surface area contributed by atoms with Gasteiger partial charge in [-0.15, -0.1) is 0 Å². The molecule has 1 aromatic heterocycles. The number of likely N-dealkylation sites (tertiary alicyclic amines) is 1. The molecule has 0 bridgehead atoms. The molecule has 3 rings (SSSR count). The number of hydrogen-bond acceptors (Lipinski definition) is 5. The van der Waals surface area contributed by atoms with Gasteiger partial charge in [-0.2, -0.15) is 0 Å². The fourth-order valence-electron chi connectivity index (χ4n) is 4.14. The van der Waals surface area contributed by atoms with Crippen LogP contribution >= 0.6 is 0 Å². The number of piperidine rings is 1. The predicted octanol–water partition coefficient (Wildman–Crippen LogP) is 2.22. The van der Waals surface area contributed by atoms with E-state index in [9.17, 15) is 4.79 Å². The van der Waals surface area contributed by atoms with Crippen LogP contribution in [-0.2, 0) is 0 Å². The van der Waals surface area contributed by atoms with E-state index < -0.39 is 0 Å². The second-order valence-electron chi connectivity index (χ2n) is 8.20. The first-order valence-electron chi connectivity index (χ1n) is 10.5. The lowest BCUT2D eigenvalue weighted by Gasteiger charge is -2.37. The van der Waals surface area contributed by atoms with Gasteiger partial charge in [0.15, 0.2) is 0 Å². The van der Waals surface area contributed by atoms with Gasteiger partial charge < -0.3 is 15.1 Å². The highest BCUT2D eigenvalue weighted by Crippen LogP contribution is 2.18. The number of nitrogens with one attached hydrogen (secondary N) is 1.